The van der Waals surface area contributed by atoms with Crippen LogP contribution in [0.25, 0.3) is 0 Å². The number of rotatable bonds is 2. The Kier molecular flexibility index (Phi) is 2.66. The van der Waals surface area contributed by atoms with E-state index in [2.05, 4.69) is 4.90 Å². The van der Waals surface area contributed by atoms with Gasteiger partial charge in [-0.25, -0.2) is 0 Å². The highest BCUT2D eigenvalue weighted by Crippen LogP contribution is 2.25. The maximum Gasteiger partial charge on any atom is 0.00420 e. The van der Waals surface area contributed by atoms with Crippen molar-refractivity contribution >= 4 is 0 Å². The molecule has 0 aromatic heterocycles. The average Bonchev–Trinajstić information content (AvgIpc) is 2.63. The second-order valence-electron chi connectivity index (χ2n) is 4.45. The van der Waals surface area contributed by atoms with Crippen molar-refractivity contribution < 1.29 is 0 Å². The molecular formula is C10H20N2. The highest BCUT2D eigenvalue weighted by atomic mass is 15.1. The SMILES string of the molecule is N[C@@H]1CC[C@H](CN2CCCC2)C1. The zero-order valence-electron chi connectivity index (χ0n) is 7.84. The van der Waals surface area contributed by atoms with Crippen molar-refractivity contribution in [1.29, 1.82) is 0 Å². The van der Waals surface area contributed by atoms with Crippen molar-refractivity contribution in [3.63, 3.8) is 0 Å². The van der Waals surface area contributed by atoms with Crippen LogP contribution in [0.5, 0.6) is 0 Å². The Morgan fingerprint density at radius 3 is 2.50 bits per heavy atom. The highest BCUT2D eigenvalue weighted by Gasteiger charge is 2.24. The summed E-state index contributed by atoms with van der Waals surface area (Å²) in [6.07, 6.45) is 6.74. The van der Waals surface area contributed by atoms with Gasteiger partial charge in [0.15, 0.2) is 0 Å². The Bertz CT molecular complexity index is 141. The Labute approximate surface area is 75.1 Å². The van der Waals surface area contributed by atoms with Gasteiger partial charge in [-0.3, -0.25) is 0 Å². The molecule has 1 saturated carbocycles. The fourth-order valence-electron chi connectivity index (χ4n) is 2.61. The molecular weight excluding hydrogens is 148 g/mol. The first kappa shape index (κ1) is 8.52. The lowest BCUT2D eigenvalue weighted by Gasteiger charge is -2.19. The van der Waals surface area contributed by atoms with Gasteiger partial charge in [-0.15, -0.1) is 0 Å². The lowest BCUT2D eigenvalue weighted by atomic mass is 10.1. The van der Waals surface area contributed by atoms with Crippen LogP contribution in [0.3, 0.4) is 0 Å². The summed E-state index contributed by atoms with van der Waals surface area (Å²) < 4.78 is 0. The molecule has 0 amide bonds. The molecule has 2 N–H and O–H groups in total. The molecule has 2 aliphatic rings. The van der Waals surface area contributed by atoms with Gasteiger partial charge in [0.25, 0.3) is 0 Å². The lowest BCUT2D eigenvalue weighted by Crippen LogP contribution is -2.26. The largest absolute Gasteiger partial charge is 0.328 e. The first-order valence-corrected chi connectivity index (χ1v) is 5.32. The first-order valence-electron chi connectivity index (χ1n) is 5.32. The average molecular weight is 168 g/mol. The number of hydrogen-bond acceptors (Lipinski definition) is 2. The fraction of sp³-hybridized carbons (Fsp3) is 1.00. The van der Waals surface area contributed by atoms with E-state index in [-0.39, 0.29) is 0 Å². The van der Waals surface area contributed by atoms with E-state index in [9.17, 15) is 0 Å². The number of nitrogens with zero attached hydrogens (tertiary/aromatic N) is 1. The summed E-state index contributed by atoms with van der Waals surface area (Å²) in [7, 11) is 0. The molecule has 0 bridgehead atoms. The Balaban J connectivity index is 1.72. The van der Waals surface area contributed by atoms with E-state index in [1.165, 1.54) is 51.7 Å². The van der Waals surface area contributed by atoms with Crippen LogP contribution in [0, 0.1) is 5.92 Å². The predicted molar refractivity (Wildman–Crippen MR) is 51.0 cm³/mol. The first-order chi connectivity index (χ1) is 5.84. The summed E-state index contributed by atoms with van der Waals surface area (Å²) in [6, 6.07) is 0.512. The molecule has 1 aliphatic heterocycles. The van der Waals surface area contributed by atoms with Crippen LogP contribution in [0.1, 0.15) is 32.1 Å². The topological polar surface area (TPSA) is 29.3 Å². The molecule has 2 heteroatoms. The molecule has 12 heavy (non-hydrogen) atoms. The summed E-state index contributed by atoms with van der Waals surface area (Å²) in [5.74, 6) is 0.915. The van der Waals surface area contributed by atoms with Gasteiger partial charge >= 0.3 is 0 Å². The molecule has 2 nitrogen and oxygen atoms in total. The molecule has 1 heterocycles. The van der Waals surface area contributed by atoms with E-state index in [0.717, 1.165) is 5.92 Å². The van der Waals surface area contributed by atoms with Crippen molar-refractivity contribution in [1.82, 2.24) is 4.90 Å². The normalized spacial score (nSPS) is 37.8. The minimum atomic E-state index is 0.512. The minimum absolute atomic E-state index is 0.512. The summed E-state index contributed by atoms with van der Waals surface area (Å²) in [5.41, 5.74) is 5.88. The molecule has 0 aromatic rings. The third-order valence-corrected chi connectivity index (χ3v) is 3.30. The summed E-state index contributed by atoms with van der Waals surface area (Å²) in [6.45, 7) is 4.01. The minimum Gasteiger partial charge on any atom is -0.328 e. The summed E-state index contributed by atoms with van der Waals surface area (Å²) in [5, 5.41) is 0. The van der Waals surface area contributed by atoms with Crippen LogP contribution in [0.4, 0.5) is 0 Å². The van der Waals surface area contributed by atoms with Crippen molar-refractivity contribution in [2.75, 3.05) is 19.6 Å². The quantitative estimate of drug-likeness (QED) is 0.671. The van der Waals surface area contributed by atoms with Gasteiger partial charge in [0, 0.05) is 12.6 Å². The number of likely N-dealkylation sites (tertiary alicyclic amines) is 1. The maximum absolute atomic E-state index is 5.88. The van der Waals surface area contributed by atoms with E-state index in [4.69, 9.17) is 5.73 Å². The van der Waals surface area contributed by atoms with E-state index in [0.29, 0.717) is 6.04 Å². The van der Waals surface area contributed by atoms with Crippen LogP contribution in [0.2, 0.25) is 0 Å². The van der Waals surface area contributed by atoms with Gasteiger partial charge in [-0.1, -0.05) is 0 Å². The fourth-order valence-corrected chi connectivity index (χ4v) is 2.61. The molecule has 2 fully saturated rings. The van der Waals surface area contributed by atoms with Gasteiger partial charge in [0.1, 0.15) is 0 Å². The molecule has 0 spiro atoms. The Morgan fingerprint density at radius 1 is 1.17 bits per heavy atom. The van der Waals surface area contributed by atoms with Gasteiger partial charge in [0.2, 0.25) is 0 Å². The zero-order valence-corrected chi connectivity index (χ0v) is 7.84. The molecule has 0 aromatic carbocycles. The van der Waals surface area contributed by atoms with Crippen LogP contribution in [0.15, 0.2) is 0 Å². The lowest BCUT2D eigenvalue weighted by molar-refractivity contribution is 0.279. The van der Waals surface area contributed by atoms with Crippen LogP contribution in [-0.2, 0) is 0 Å². The van der Waals surface area contributed by atoms with Crippen LogP contribution in [-0.4, -0.2) is 30.6 Å². The molecule has 0 unspecified atom stereocenters. The second kappa shape index (κ2) is 3.75. The molecule has 1 aliphatic carbocycles. The van der Waals surface area contributed by atoms with Crippen molar-refractivity contribution in [2.45, 2.75) is 38.1 Å². The second-order valence-corrected chi connectivity index (χ2v) is 4.45. The molecule has 0 radical (unpaired) electrons. The summed E-state index contributed by atoms with van der Waals surface area (Å²) in [4.78, 5) is 2.61. The van der Waals surface area contributed by atoms with Gasteiger partial charge in [0.05, 0.1) is 0 Å². The number of hydrogen-bond donors (Lipinski definition) is 1. The maximum atomic E-state index is 5.88. The van der Waals surface area contributed by atoms with Crippen LogP contribution < -0.4 is 5.73 Å². The Hall–Kier alpha value is -0.0800. The summed E-state index contributed by atoms with van der Waals surface area (Å²) >= 11 is 0. The van der Waals surface area contributed by atoms with Crippen LogP contribution >= 0.6 is 0 Å². The Morgan fingerprint density at radius 2 is 1.92 bits per heavy atom. The van der Waals surface area contributed by atoms with E-state index < -0.39 is 0 Å². The van der Waals surface area contributed by atoms with E-state index >= 15 is 0 Å². The third kappa shape index (κ3) is 1.99. The standard InChI is InChI=1S/C10H20N2/c11-10-4-3-9(7-10)8-12-5-1-2-6-12/h9-10H,1-8,11H2/t9-,10+/m0/s1. The monoisotopic (exact) mass is 168 g/mol. The van der Waals surface area contributed by atoms with Gasteiger partial charge < -0.3 is 10.6 Å². The molecule has 2 rings (SSSR count). The number of nitrogens with two attached hydrogens (primary N) is 1. The van der Waals surface area contributed by atoms with Crippen molar-refractivity contribution in [3.05, 3.63) is 0 Å². The van der Waals surface area contributed by atoms with Gasteiger partial charge in [-0.05, 0) is 51.1 Å². The highest BCUT2D eigenvalue weighted by molar-refractivity contribution is 4.81. The van der Waals surface area contributed by atoms with E-state index in [1.54, 1.807) is 0 Å². The zero-order chi connectivity index (χ0) is 8.39. The van der Waals surface area contributed by atoms with E-state index in [1.807, 2.05) is 0 Å². The predicted octanol–water partition coefficient (Wildman–Crippen LogP) is 1.21. The smallest absolute Gasteiger partial charge is 0.00420 e. The van der Waals surface area contributed by atoms with Crippen molar-refractivity contribution in [2.24, 2.45) is 11.7 Å². The third-order valence-electron chi connectivity index (χ3n) is 3.30. The molecule has 70 valence electrons. The molecule has 1 saturated heterocycles. The van der Waals surface area contributed by atoms with Crippen molar-refractivity contribution in [3.8, 4) is 0 Å². The van der Waals surface area contributed by atoms with Gasteiger partial charge in [-0.2, -0.15) is 0 Å². The molecule has 2 atom stereocenters.